The van der Waals surface area contributed by atoms with Crippen LogP contribution in [0.1, 0.15) is 22.9 Å². The average molecular weight is 627 g/mol. The first-order valence-corrected chi connectivity index (χ1v) is 16.8. The van der Waals surface area contributed by atoms with Crippen LogP contribution in [0.3, 0.4) is 0 Å². The topological polar surface area (TPSA) is 43.6 Å². The van der Waals surface area contributed by atoms with Gasteiger partial charge >= 0.3 is 0 Å². The molecule has 0 unspecified atom stereocenters. The van der Waals surface area contributed by atoms with Gasteiger partial charge in [0.2, 0.25) is 0 Å². The Labute approximate surface area is 284 Å². The molecule has 0 bridgehead atoms. The summed E-state index contributed by atoms with van der Waals surface area (Å²) >= 11 is 0. The molecule has 230 valence electrons. The number of pyridine rings is 1. The normalized spacial score (nSPS) is 13.8. The summed E-state index contributed by atoms with van der Waals surface area (Å²) in [5, 5.41) is 2.21. The van der Waals surface area contributed by atoms with Gasteiger partial charge in [0.05, 0.1) is 27.8 Å². The van der Waals surface area contributed by atoms with Gasteiger partial charge in [0.25, 0.3) is 0 Å². The molecule has 0 fully saturated rings. The van der Waals surface area contributed by atoms with Crippen molar-refractivity contribution in [3.05, 3.63) is 181 Å². The fourth-order valence-corrected chi connectivity index (χ4v) is 7.83. The van der Waals surface area contributed by atoms with Crippen LogP contribution in [0.15, 0.2) is 164 Å². The van der Waals surface area contributed by atoms with Crippen molar-refractivity contribution in [1.29, 1.82) is 0 Å². The number of rotatable bonds is 4. The number of aromatic nitrogens is 4. The third-order valence-electron chi connectivity index (χ3n) is 10.0. The number of nitrogens with zero attached hydrogens (tertiary/aromatic N) is 4. The van der Waals surface area contributed by atoms with Gasteiger partial charge in [-0.25, -0.2) is 9.97 Å². The first kappa shape index (κ1) is 27.7. The molecule has 0 saturated carbocycles. The maximum atomic E-state index is 5.35. The number of hydrogen-bond acceptors (Lipinski definition) is 3. The number of para-hydroxylation sites is 2. The summed E-state index contributed by atoms with van der Waals surface area (Å²) in [6.45, 7) is 0. The largest absolute Gasteiger partial charge is 0.308 e. The summed E-state index contributed by atoms with van der Waals surface area (Å²) in [6.07, 6.45) is 2.73. The lowest BCUT2D eigenvalue weighted by Gasteiger charge is -2.29. The first-order valence-electron chi connectivity index (χ1n) is 16.8. The van der Waals surface area contributed by atoms with E-state index in [2.05, 4.69) is 156 Å². The molecule has 1 atom stereocenters. The summed E-state index contributed by atoms with van der Waals surface area (Å²) < 4.78 is 2.31. The Hall–Kier alpha value is -6.39. The van der Waals surface area contributed by atoms with Gasteiger partial charge in [-0.05, 0) is 82.3 Å². The second-order valence-corrected chi connectivity index (χ2v) is 12.8. The van der Waals surface area contributed by atoms with Gasteiger partial charge in [-0.2, -0.15) is 0 Å². The Morgan fingerprint density at radius 2 is 1.33 bits per heavy atom. The minimum absolute atomic E-state index is 0.00214. The van der Waals surface area contributed by atoms with E-state index in [9.17, 15) is 0 Å². The molecule has 0 aliphatic heterocycles. The van der Waals surface area contributed by atoms with Crippen molar-refractivity contribution in [3.8, 4) is 39.2 Å². The second-order valence-electron chi connectivity index (χ2n) is 12.8. The van der Waals surface area contributed by atoms with Crippen LogP contribution in [-0.2, 0) is 6.42 Å². The molecule has 3 aromatic heterocycles. The maximum Gasteiger partial charge on any atom is 0.137 e. The van der Waals surface area contributed by atoms with E-state index in [1.165, 1.54) is 33.4 Å². The summed E-state index contributed by atoms with van der Waals surface area (Å²) in [6, 6.07) is 56.0. The van der Waals surface area contributed by atoms with Crippen LogP contribution >= 0.6 is 0 Å². The molecule has 0 saturated heterocycles. The molecule has 1 aliphatic rings. The van der Waals surface area contributed by atoms with Crippen LogP contribution in [0.5, 0.6) is 0 Å². The van der Waals surface area contributed by atoms with Crippen molar-refractivity contribution in [1.82, 2.24) is 19.5 Å². The Bertz CT molecular complexity index is 2690. The Morgan fingerprint density at radius 1 is 0.551 bits per heavy atom. The molecule has 0 radical (unpaired) electrons. The molecule has 10 rings (SSSR count). The second kappa shape index (κ2) is 11.1. The predicted molar refractivity (Wildman–Crippen MR) is 200 cm³/mol. The highest BCUT2D eigenvalue weighted by Gasteiger charge is 2.30. The van der Waals surface area contributed by atoms with E-state index in [-0.39, 0.29) is 5.92 Å². The molecule has 3 heterocycles. The maximum absolute atomic E-state index is 5.35. The molecule has 0 N–H and O–H groups in total. The Balaban J connectivity index is 1.19. The highest BCUT2D eigenvalue weighted by molar-refractivity contribution is 6.09. The third kappa shape index (κ3) is 4.41. The lowest BCUT2D eigenvalue weighted by molar-refractivity contribution is 0.737. The highest BCUT2D eigenvalue weighted by Crippen LogP contribution is 2.47. The van der Waals surface area contributed by atoms with E-state index < -0.39 is 0 Å². The summed E-state index contributed by atoms with van der Waals surface area (Å²) in [7, 11) is 0. The minimum atomic E-state index is 0.00214. The van der Waals surface area contributed by atoms with Gasteiger partial charge in [0, 0.05) is 34.1 Å². The zero-order valence-electron chi connectivity index (χ0n) is 26.7. The first-order chi connectivity index (χ1) is 24.3. The summed E-state index contributed by atoms with van der Waals surface area (Å²) in [5.74, 6) is 0.860. The van der Waals surface area contributed by atoms with Crippen molar-refractivity contribution in [2.75, 3.05) is 0 Å². The minimum Gasteiger partial charge on any atom is -0.308 e. The van der Waals surface area contributed by atoms with Crippen LogP contribution in [0, 0.1) is 0 Å². The van der Waals surface area contributed by atoms with Crippen LogP contribution in [0.25, 0.3) is 72.0 Å². The van der Waals surface area contributed by atoms with Gasteiger partial charge in [-0.15, -0.1) is 0 Å². The van der Waals surface area contributed by atoms with Crippen molar-refractivity contribution in [3.63, 3.8) is 0 Å². The Kier molecular flexibility index (Phi) is 6.28. The molecule has 4 heteroatoms. The lowest BCUT2D eigenvalue weighted by atomic mass is 9.75. The van der Waals surface area contributed by atoms with Gasteiger partial charge < -0.3 is 4.57 Å². The van der Waals surface area contributed by atoms with Crippen LogP contribution < -0.4 is 0 Å². The zero-order chi connectivity index (χ0) is 32.3. The molecule has 0 amide bonds. The quantitative estimate of drug-likeness (QED) is 0.195. The number of benzene rings is 6. The van der Waals surface area contributed by atoms with E-state index >= 15 is 0 Å². The van der Waals surface area contributed by atoms with E-state index in [0.29, 0.717) is 0 Å². The molecule has 6 aromatic carbocycles. The fraction of sp³-hybridized carbons (Fsp3) is 0.0444. The number of fused-ring (bicyclic) bond motifs is 7. The molecule has 0 spiro atoms. The molecule has 9 aromatic rings. The van der Waals surface area contributed by atoms with Crippen molar-refractivity contribution in [2.45, 2.75) is 12.3 Å². The predicted octanol–water partition coefficient (Wildman–Crippen LogP) is 10.8. The SMILES string of the molecule is c1ccc(-c2nc([C@@H]3Cc4ccccc4-c4c(-c5ccc6c(c5)c5ncccc5n6-c5ccccc5)cccc43)nc3ccccc23)cc1. The van der Waals surface area contributed by atoms with Crippen LogP contribution in [-0.4, -0.2) is 19.5 Å². The van der Waals surface area contributed by atoms with Gasteiger partial charge in [-0.1, -0.05) is 115 Å². The summed E-state index contributed by atoms with van der Waals surface area (Å²) in [4.78, 5) is 15.5. The lowest BCUT2D eigenvalue weighted by Crippen LogP contribution is -2.16. The van der Waals surface area contributed by atoms with Gasteiger partial charge in [-0.3, -0.25) is 4.98 Å². The fourth-order valence-electron chi connectivity index (χ4n) is 7.83. The molecular formula is C45H30N4. The van der Waals surface area contributed by atoms with Crippen LogP contribution in [0.4, 0.5) is 0 Å². The van der Waals surface area contributed by atoms with Gasteiger partial charge in [0.15, 0.2) is 0 Å². The van der Waals surface area contributed by atoms with Crippen molar-refractivity contribution in [2.24, 2.45) is 0 Å². The third-order valence-corrected chi connectivity index (χ3v) is 10.0. The van der Waals surface area contributed by atoms with E-state index in [1.54, 1.807) is 0 Å². The monoisotopic (exact) mass is 626 g/mol. The summed E-state index contributed by atoms with van der Waals surface area (Å²) in [5.41, 5.74) is 14.9. The molecule has 4 nitrogen and oxygen atoms in total. The average Bonchev–Trinajstić information content (AvgIpc) is 3.51. The smallest absolute Gasteiger partial charge is 0.137 e. The molecule has 49 heavy (non-hydrogen) atoms. The van der Waals surface area contributed by atoms with E-state index in [0.717, 1.165) is 62.0 Å². The van der Waals surface area contributed by atoms with E-state index in [4.69, 9.17) is 15.0 Å². The molecular weight excluding hydrogens is 597 g/mol. The van der Waals surface area contributed by atoms with Gasteiger partial charge in [0.1, 0.15) is 5.82 Å². The number of hydrogen-bond donors (Lipinski definition) is 0. The zero-order valence-corrected chi connectivity index (χ0v) is 26.7. The van der Waals surface area contributed by atoms with Crippen molar-refractivity contribution < 1.29 is 0 Å². The molecule has 1 aliphatic carbocycles. The standard InChI is InChI=1S/C45H30N4/c1-3-13-29(14-4-1)43-36-19-9-10-22-39(36)47-45(48-43)37-27-30-15-7-8-18-33(30)42-34(20-11-21-35(37)42)31-24-25-40-38(28-31)44-41(23-12-26-46-44)49(40)32-16-5-2-6-17-32/h1-26,28,37H,27H2/t37-/m1/s1. The van der Waals surface area contributed by atoms with Crippen LogP contribution in [0.2, 0.25) is 0 Å². The van der Waals surface area contributed by atoms with Crippen molar-refractivity contribution >= 4 is 32.8 Å². The van der Waals surface area contributed by atoms with E-state index in [1.807, 2.05) is 12.3 Å². The Morgan fingerprint density at radius 3 is 2.22 bits per heavy atom. The highest BCUT2D eigenvalue weighted by atomic mass is 15.0.